The average Bonchev–Trinajstić information content (AvgIpc) is 3.66. The first-order chi connectivity index (χ1) is 17.9. The van der Waals surface area contributed by atoms with Crippen LogP contribution in [0.1, 0.15) is 56.4 Å². The van der Waals surface area contributed by atoms with Gasteiger partial charge >= 0.3 is 0 Å². The molecular weight excluding hydrogens is 514 g/mol. The van der Waals surface area contributed by atoms with Crippen molar-refractivity contribution < 1.29 is 23.9 Å². The Bertz CT molecular complexity index is 1220. The molecule has 1 saturated heterocycles. The number of amides is 3. The second-order valence-electron chi connectivity index (χ2n) is 8.44. The van der Waals surface area contributed by atoms with Gasteiger partial charge in [0.25, 0.3) is 11.8 Å². The maximum Gasteiger partial charge on any atom is 0.270 e. The van der Waals surface area contributed by atoms with Crippen molar-refractivity contribution in [2.45, 2.75) is 38.5 Å². The first kappa shape index (κ1) is 26.6. The normalized spacial score (nSPS) is 15.8. The lowest BCUT2D eigenvalue weighted by Gasteiger charge is -2.31. The van der Waals surface area contributed by atoms with E-state index in [2.05, 4.69) is 9.69 Å². The van der Waals surface area contributed by atoms with Gasteiger partial charge in [0.15, 0.2) is 5.69 Å². The number of anilines is 1. The minimum absolute atomic E-state index is 0.0493. The zero-order valence-electron chi connectivity index (χ0n) is 20.3. The molecule has 0 radical (unpaired) electrons. The lowest BCUT2D eigenvalue weighted by Crippen LogP contribution is -2.45. The highest BCUT2D eigenvalue weighted by molar-refractivity contribution is 7.10. The van der Waals surface area contributed by atoms with Gasteiger partial charge in [-0.2, -0.15) is 4.37 Å². The van der Waals surface area contributed by atoms with Crippen LogP contribution in [0.25, 0.3) is 0 Å². The summed E-state index contributed by atoms with van der Waals surface area (Å²) in [6.45, 7) is 3.53. The zero-order valence-corrected chi connectivity index (χ0v) is 22.0. The van der Waals surface area contributed by atoms with Crippen molar-refractivity contribution in [3.63, 3.8) is 0 Å². The van der Waals surface area contributed by atoms with Crippen molar-refractivity contribution in [3.8, 4) is 5.75 Å². The Morgan fingerprint density at radius 1 is 1.27 bits per heavy atom. The van der Waals surface area contributed by atoms with Crippen molar-refractivity contribution in [3.05, 3.63) is 62.8 Å². The second kappa shape index (κ2) is 12.2. The molecule has 4 rings (SSSR count). The summed E-state index contributed by atoms with van der Waals surface area (Å²) in [5.74, 6) is -1.06. The van der Waals surface area contributed by atoms with E-state index in [0.29, 0.717) is 31.1 Å². The number of nitrogens with one attached hydrogen (secondary N) is 1. The molecule has 1 aromatic carbocycles. The number of aromatic nitrogens is 1. The van der Waals surface area contributed by atoms with Gasteiger partial charge < -0.3 is 31.2 Å². The molecule has 0 spiro atoms. The summed E-state index contributed by atoms with van der Waals surface area (Å²) in [6.07, 6.45) is 1.74. The Kier molecular flexibility index (Phi) is 8.74. The Balaban J connectivity index is 1.72. The summed E-state index contributed by atoms with van der Waals surface area (Å²) in [5, 5.41) is 4.86. The first-order valence-corrected chi connectivity index (χ1v) is 13.5. The van der Waals surface area contributed by atoms with E-state index in [1.165, 1.54) is 16.2 Å². The molecule has 12 heteroatoms. The first-order valence-electron chi connectivity index (χ1n) is 11.9. The van der Waals surface area contributed by atoms with Crippen LogP contribution in [0.3, 0.4) is 0 Å². The number of hydrogen-bond donors (Lipinski definition) is 3. The van der Waals surface area contributed by atoms with Crippen molar-refractivity contribution in [2.24, 2.45) is 5.73 Å². The number of carbonyl (C=O) groups excluding carboxylic acids is 3. The number of carbonyl (C=O) groups is 3. The number of ether oxygens (including phenoxy) is 2. The molecule has 37 heavy (non-hydrogen) atoms. The lowest BCUT2D eigenvalue weighted by atomic mass is 10.0. The van der Waals surface area contributed by atoms with Crippen LogP contribution >= 0.6 is 22.9 Å². The van der Waals surface area contributed by atoms with Crippen molar-refractivity contribution in [1.82, 2.24) is 14.6 Å². The van der Waals surface area contributed by atoms with Crippen LogP contribution in [0, 0.1) is 0 Å². The van der Waals surface area contributed by atoms with Crippen LogP contribution in [0.2, 0.25) is 0 Å². The fourth-order valence-corrected chi connectivity index (χ4v) is 5.58. The smallest absolute Gasteiger partial charge is 0.270 e. The maximum absolute atomic E-state index is 13.9. The molecule has 0 aliphatic carbocycles. The number of benzene rings is 1. The SMILES string of the molecule is CCOc1ccc([C@@H](C(=O)NC[C@H]2CCCO2)N(Cc2cccs2)C(=O)c2snc(C(N)=O)c2N)cc1. The summed E-state index contributed by atoms with van der Waals surface area (Å²) in [6, 6.07) is 9.82. The molecule has 3 heterocycles. The van der Waals surface area contributed by atoms with E-state index in [9.17, 15) is 14.4 Å². The number of primary amides is 1. The van der Waals surface area contributed by atoms with Crippen LogP contribution in [0.15, 0.2) is 41.8 Å². The Labute approximate surface area is 222 Å². The third kappa shape index (κ3) is 6.27. The Hall–Kier alpha value is -3.48. The fraction of sp³-hybridized carbons (Fsp3) is 0.360. The van der Waals surface area contributed by atoms with Gasteiger partial charge in [-0.15, -0.1) is 11.3 Å². The summed E-state index contributed by atoms with van der Waals surface area (Å²) in [4.78, 5) is 41.7. The van der Waals surface area contributed by atoms with Crippen LogP contribution in [0.4, 0.5) is 5.69 Å². The van der Waals surface area contributed by atoms with Crippen molar-refractivity contribution >= 4 is 46.3 Å². The quantitative estimate of drug-likeness (QED) is 0.336. The molecule has 1 aliphatic heterocycles. The molecule has 0 unspecified atom stereocenters. The fourth-order valence-electron chi connectivity index (χ4n) is 4.11. The molecule has 1 fully saturated rings. The summed E-state index contributed by atoms with van der Waals surface area (Å²) >= 11 is 2.25. The van der Waals surface area contributed by atoms with Gasteiger partial charge in [0.2, 0.25) is 5.91 Å². The van der Waals surface area contributed by atoms with E-state index in [-0.39, 0.29) is 34.8 Å². The third-order valence-corrected chi connectivity index (χ3v) is 7.63. The van der Waals surface area contributed by atoms with E-state index in [4.69, 9.17) is 20.9 Å². The third-order valence-electron chi connectivity index (χ3n) is 5.92. The van der Waals surface area contributed by atoms with E-state index < -0.39 is 17.9 Å². The molecule has 2 aromatic heterocycles. The Morgan fingerprint density at radius 3 is 2.65 bits per heavy atom. The van der Waals surface area contributed by atoms with Crippen molar-refractivity contribution in [2.75, 3.05) is 25.5 Å². The number of rotatable bonds is 11. The average molecular weight is 544 g/mol. The lowest BCUT2D eigenvalue weighted by molar-refractivity contribution is -0.126. The minimum atomic E-state index is -0.995. The summed E-state index contributed by atoms with van der Waals surface area (Å²) in [7, 11) is 0. The molecule has 2 atom stereocenters. The van der Waals surface area contributed by atoms with Crippen LogP contribution in [-0.4, -0.2) is 52.9 Å². The van der Waals surface area contributed by atoms with Crippen molar-refractivity contribution in [1.29, 1.82) is 0 Å². The molecule has 10 nitrogen and oxygen atoms in total. The molecule has 196 valence electrons. The van der Waals surface area contributed by atoms with Gasteiger partial charge in [-0.3, -0.25) is 14.4 Å². The van der Waals surface area contributed by atoms with Gasteiger partial charge in [0.1, 0.15) is 16.7 Å². The minimum Gasteiger partial charge on any atom is -0.494 e. The predicted molar refractivity (Wildman–Crippen MR) is 142 cm³/mol. The van der Waals surface area contributed by atoms with E-state index >= 15 is 0 Å². The van der Waals surface area contributed by atoms with Gasteiger partial charge in [0.05, 0.1) is 24.9 Å². The number of nitrogens with two attached hydrogens (primary N) is 2. The standard InChI is InChI=1S/C25H29N5O5S2/c1-2-34-16-9-7-15(8-10-16)21(24(32)28-13-17-5-3-11-35-17)30(14-18-6-4-12-36-18)25(33)22-19(26)20(23(27)31)29-37-22/h4,6-10,12,17,21H,2-3,5,11,13-14,26H2,1H3,(H2,27,31)(H,28,32)/t17-,21+/m1/s1. The highest BCUT2D eigenvalue weighted by Crippen LogP contribution is 2.32. The molecule has 0 saturated carbocycles. The van der Waals surface area contributed by atoms with Crippen LogP contribution < -0.4 is 21.5 Å². The van der Waals surface area contributed by atoms with Gasteiger partial charge in [-0.25, -0.2) is 0 Å². The molecule has 3 amide bonds. The van der Waals surface area contributed by atoms with E-state index in [1.807, 2.05) is 24.4 Å². The molecule has 5 N–H and O–H groups in total. The van der Waals surface area contributed by atoms with Gasteiger partial charge in [0, 0.05) is 18.0 Å². The predicted octanol–water partition coefficient (Wildman–Crippen LogP) is 2.96. The topological polar surface area (TPSA) is 150 Å². The molecular formula is C25H29N5O5S2. The Morgan fingerprint density at radius 2 is 2.05 bits per heavy atom. The molecule has 1 aliphatic rings. The van der Waals surface area contributed by atoms with E-state index in [1.54, 1.807) is 24.3 Å². The summed E-state index contributed by atoms with van der Waals surface area (Å²) in [5.41, 5.74) is 11.8. The molecule has 0 bridgehead atoms. The van der Waals surface area contributed by atoms with Gasteiger partial charge in [-0.05, 0) is 60.4 Å². The largest absolute Gasteiger partial charge is 0.494 e. The number of hydrogen-bond acceptors (Lipinski definition) is 9. The monoisotopic (exact) mass is 543 g/mol. The number of nitrogen functional groups attached to an aromatic ring is 1. The second-order valence-corrected chi connectivity index (χ2v) is 10.2. The zero-order chi connectivity index (χ0) is 26.4. The summed E-state index contributed by atoms with van der Waals surface area (Å²) < 4.78 is 15.2. The molecule has 3 aromatic rings. The van der Waals surface area contributed by atoms with Crippen LogP contribution in [-0.2, 0) is 16.1 Å². The maximum atomic E-state index is 13.9. The highest BCUT2D eigenvalue weighted by Gasteiger charge is 2.35. The van der Waals surface area contributed by atoms with E-state index in [0.717, 1.165) is 29.3 Å². The number of thiophene rings is 1. The van der Waals surface area contributed by atoms with Gasteiger partial charge in [-0.1, -0.05) is 18.2 Å². The highest BCUT2D eigenvalue weighted by atomic mass is 32.1. The van der Waals surface area contributed by atoms with Crippen LogP contribution in [0.5, 0.6) is 5.75 Å². The number of nitrogens with zero attached hydrogens (tertiary/aromatic N) is 2.